The molecule has 1 spiro atoms. The highest BCUT2D eigenvalue weighted by Crippen LogP contribution is 2.65. The smallest absolute Gasteiger partial charge is 0.228 e. The van der Waals surface area contributed by atoms with Crippen molar-refractivity contribution >= 4 is 23.2 Å². The highest BCUT2D eigenvalue weighted by Gasteiger charge is 2.60. The van der Waals surface area contributed by atoms with Crippen molar-refractivity contribution in [1.82, 2.24) is 4.98 Å². The number of hydrogen-bond acceptors (Lipinski definition) is 2. The van der Waals surface area contributed by atoms with Crippen molar-refractivity contribution < 1.29 is 4.79 Å². The third-order valence-electron chi connectivity index (χ3n) is 3.85. The number of amides is 1. The second kappa shape index (κ2) is 3.45. The number of nitrogens with zero attached hydrogens (tertiary/aromatic N) is 1. The Labute approximate surface area is 99.2 Å². The van der Waals surface area contributed by atoms with E-state index in [4.69, 9.17) is 11.6 Å². The molecule has 1 aromatic heterocycles. The van der Waals surface area contributed by atoms with Gasteiger partial charge in [-0.3, -0.25) is 4.79 Å². The first kappa shape index (κ1) is 10.1. The van der Waals surface area contributed by atoms with Gasteiger partial charge in [-0.25, -0.2) is 4.98 Å². The maximum atomic E-state index is 11.9. The van der Waals surface area contributed by atoms with E-state index in [0.717, 1.165) is 12.1 Å². The summed E-state index contributed by atoms with van der Waals surface area (Å²) < 4.78 is 0. The Morgan fingerprint density at radius 2 is 2.31 bits per heavy atom. The zero-order chi connectivity index (χ0) is 11.2. The number of rotatable bonds is 2. The highest BCUT2D eigenvalue weighted by molar-refractivity contribution is 6.29. The monoisotopic (exact) mass is 236 g/mol. The second-order valence-electron chi connectivity index (χ2n) is 4.83. The number of anilines is 1. The van der Waals surface area contributed by atoms with Gasteiger partial charge in [0.1, 0.15) is 5.15 Å². The molecule has 1 atom stereocenters. The summed E-state index contributed by atoms with van der Waals surface area (Å²) in [5, 5.41) is 3.34. The van der Waals surface area contributed by atoms with Crippen LogP contribution in [-0.2, 0) is 4.79 Å². The maximum absolute atomic E-state index is 11.9. The Morgan fingerprint density at radius 3 is 2.81 bits per heavy atom. The Bertz CT molecular complexity index is 425. The number of halogens is 1. The highest BCUT2D eigenvalue weighted by atomic mass is 35.5. The zero-order valence-electron chi connectivity index (χ0n) is 8.87. The molecule has 16 heavy (non-hydrogen) atoms. The molecule has 0 aromatic carbocycles. The lowest BCUT2D eigenvalue weighted by molar-refractivity contribution is -0.118. The van der Waals surface area contributed by atoms with Gasteiger partial charge in [-0.15, -0.1) is 0 Å². The summed E-state index contributed by atoms with van der Waals surface area (Å²) in [6, 6.07) is 3.46. The summed E-state index contributed by atoms with van der Waals surface area (Å²) in [6.45, 7) is 0. The number of carbonyl (C=O) groups is 1. The van der Waals surface area contributed by atoms with Gasteiger partial charge in [0, 0.05) is 5.92 Å². The van der Waals surface area contributed by atoms with Crippen molar-refractivity contribution in [1.29, 1.82) is 0 Å². The molecular formula is C12H13ClN2O. The predicted octanol–water partition coefficient (Wildman–Crippen LogP) is 2.86. The van der Waals surface area contributed by atoms with Crippen LogP contribution >= 0.6 is 11.6 Å². The first-order valence-electron chi connectivity index (χ1n) is 5.62. The fraction of sp³-hybridized carbons (Fsp3) is 0.500. The Hall–Kier alpha value is -1.09. The van der Waals surface area contributed by atoms with E-state index >= 15 is 0 Å². The van der Waals surface area contributed by atoms with Gasteiger partial charge in [-0.05, 0) is 36.8 Å². The summed E-state index contributed by atoms with van der Waals surface area (Å²) >= 11 is 5.68. The Balaban J connectivity index is 1.63. The Kier molecular flexibility index (Phi) is 2.18. The molecule has 2 fully saturated rings. The Morgan fingerprint density at radius 1 is 1.50 bits per heavy atom. The van der Waals surface area contributed by atoms with E-state index in [9.17, 15) is 4.79 Å². The number of carbonyl (C=O) groups excluding carboxylic acids is 1. The van der Waals surface area contributed by atoms with E-state index in [1.807, 2.05) is 0 Å². The molecule has 0 aliphatic heterocycles. The van der Waals surface area contributed by atoms with Crippen molar-refractivity contribution in [2.45, 2.75) is 25.7 Å². The van der Waals surface area contributed by atoms with E-state index < -0.39 is 0 Å². The van der Waals surface area contributed by atoms with Crippen LogP contribution in [0.1, 0.15) is 25.7 Å². The van der Waals surface area contributed by atoms with E-state index in [-0.39, 0.29) is 11.8 Å². The average Bonchev–Trinajstić information content (AvgIpc) is 2.96. The van der Waals surface area contributed by atoms with Crippen LogP contribution < -0.4 is 5.32 Å². The molecule has 1 aromatic rings. The molecule has 2 aliphatic rings. The first-order valence-corrected chi connectivity index (χ1v) is 6.00. The predicted molar refractivity (Wildman–Crippen MR) is 62.3 cm³/mol. The minimum atomic E-state index is 0.142. The van der Waals surface area contributed by atoms with Crippen LogP contribution in [-0.4, -0.2) is 10.9 Å². The summed E-state index contributed by atoms with van der Waals surface area (Å²) in [5.41, 5.74) is 1.11. The third kappa shape index (κ3) is 1.59. The molecule has 0 bridgehead atoms. The molecule has 0 radical (unpaired) electrons. The molecular weight excluding hydrogens is 224 g/mol. The minimum absolute atomic E-state index is 0.142. The summed E-state index contributed by atoms with van der Waals surface area (Å²) in [7, 11) is 0. The lowest BCUT2D eigenvalue weighted by Crippen LogP contribution is -2.23. The van der Waals surface area contributed by atoms with Gasteiger partial charge in [0.05, 0.1) is 11.9 Å². The summed E-state index contributed by atoms with van der Waals surface area (Å²) in [4.78, 5) is 15.8. The topological polar surface area (TPSA) is 42.0 Å². The molecule has 84 valence electrons. The molecule has 0 saturated heterocycles. The van der Waals surface area contributed by atoms with E-state index in [1.54, 1.807) is 18.3 Å². The van der Waals surface area contributed by atoms with Gasteiger partial charge >= 0.3 is 0 Å². The lowest BCUT2D eigenvalue weighted by Gasteiger charge is -2.26. The number of hydrogen-bond donors (Lipinski definition) is 1. The second-order valence-corrected chi connectivity index (χ2v) is 5.22. The molecule has 1 heterocycles. The summed E-state index contributed by atoms with van der Waals surface area (Å²) in [6.07, 6.45) is 6.40. The number of nitrogens with one attached hydrogen (secondary N) is 1. The number of pyridine rings is 1. The fourth-order valence-electron chi connectivity index (χ4n) is 2.58. The minimum Gasteiger partial charge on any atom is -0.324 e. The SMILES string of the molecule is O=C(Nc1ccc(Cl)nc1)C1CC12CCC2. The van der Waals surface area contributed by atoms with Crippen LogP contribution in [0.3, 0.4) is 0 Å². The molecule has 3 rings (SSSR count). The zero-order valence-corrected chi connectivity index (χ0v) is 9.63. The fourth-order valence-corrected chi connectivity index (χ4v) is 2.69. The van der Waals surface area contributed by atoms with Crippen LogP contribution in [0.25, 0.3) is 0 Å². The van der Waals surface area contributed by atoms with Gasteiger partial charge in [0.25, 0.3) is 0 Å². The largest absolute Gasteiger partial charge is 0.324 e. The first-order chi connectivity index (χ1) is 7.70. The van der Waals surface area contributed by atoms with Gasteiger partial charge < -0.3 is 5.32 Å². The van der Waals surface area contributed by atoms with Gasteiger partial charge in [0.2, 0.25) is 5.91 Å². The molecule has 1 N–H and O–H groups in total. The normalized spacial score (nSPS) is 24.9. The van der Waals surface area contributed by atoms with E-state index in [1.165, 1.54) is 19.3 Å². The van der Waals surface area contributed by atoms with Crippen LogP contribution in [0.5, 0.6) is 0 Å². The van der Waals surface area contributed by atoms with Gasteiger partial charge in [0.15, 0.2) is 0 Å². The molecule has 1 amide bonds. The van der Waals surface area contributed by atoms with Crippen LogP contribution in [0.4, 0.5) is 5.69 Å². The van der Waals surface area contributed by atoms with Crippen LogP contribution in [0, 0.1) is 11.3 Å². The number of aromatic nitrogens is 1. The molecule has 2 saturated carbocycles. The average molecular weight is 237 g/mol. The molecule has 4 heteroatoms. The molecule has 1 unspecified atom stereocenters. The van der Waals surface area contributed by atoms with Crippen LogP contribution in [0.2, 0.25) is 5.15 Å². The van der Waals surface area contributed by atoms with Crippen molar-refractivity contribution in [2.24, 2.45) is 11.3 Å². The maximum Gasteiger partial charge on any atom is 0.228 e. The van der Waals surface area contributed by atoms with E-state index in [0.29, 0.717) is 10.6 Å². The molecule has 2 aliphatic carbocycles. The summed E-state index contributed by atoms with van der Waals surface area (Å²) in [5.74, 6) is 0.376. The molecule has 3 nitrogen and oxygen atoms in total. The van der Waals surface area contributed by atoms with Crippen LogP contribution in [0.15, 0.2) is 18.3 Å². The lowest BCUT2D eigenvalue weighted by atomic mass is 9.80. The van der Waals surface area contributed by atoms with Crippen molar-refractivity contribution in [2.75, 3.05) is 5.32 Å². The van der Waals surface area contributed by atoms with Gasteiger partial charge in [-0.1, -0.05) is 18.0 Å². The quantitative estimate of drug-likeness (QED) is 0.803. The van der Waals surface area contributed by atoms with Crippen molar-refractivity contribution in [3.63, 3.8) is 0 Å². The van der Waals surface area contributed by atoms with Gasteiger partial charge in [-0.2, -0.15) is 0 Å². The van der Waals surface area contributed by atoms with Crippen molar-refractivity contribution in [3.8, 4) is 0 Å². The van der Waals surface area contributed by atoms with Crippen molar-refractivity contribution in [3.05, 3.63) is 23.5 Å². The third-order valence-corrected chi connectivity index (χ3v) is 4.07. The standard InChI is InChI=1S/C12H13ClN2O/c13-10-3-2-8(7-14-10)15-11(16)9-6-12(9)4-1-5-12/h2-3,7,9H,1,4-6H2,(H,15,16). The van der Waals surface area contributed by atoms with E-state index in [2.05, 4.69) is 10.3 Å².